The third kappa shape index (κ3) is 3.04. The van der Waals surface area contributed by atoms with E-state index < -0.39 is 5.82 Å². The van der Waals surface area contributed by atoms with Gasteiger partial charge in [-0.15, -0.1) is 0 Å². The lowest BCUT2D eigenvalue weighted by Crippen LogP contribution is -2.26. The van der Waals surface area contributed by atoms with E-state index in [9.17, 15) is 9.18 Å². The van der Waals surface area contributed by atoms with Crippen molar-refractivity contribution in [2.75, 3.05) is 11.9 Å². The van der Waals surface area contributed by atoms with E-state index in [1.165, 1.54) is 6.07 Å². The van der Waals surface area contributed by atoms with Crippen LogP contribution in [0.1, 0.15) is 25.7 Å². The molecule has 3 aromatic heterocycles. The van der Waals surface area contributed by atoms with Gasteiger partial charge in [0.25, 0.3) is 0 Å². The van der Waals surface area contributed by atoms with Crippen molar-refractivity contribution >= 4 is 49.8 Å². The number of nitrogens with one attached hydrogen (secondary N) is 1. The fraction of sp³-hybridized carbons (Fsp3) is 0.318. The standard InChI is InChI=1S/C22H18BrFN6O2/c23-18-15-11-26-21(27-13-3-4-22(10-13)5-7-32-20(22)31)28-19(15)30(29-18)14-8-12-2-1-6-25-17(12)16(24)9-14/h1-2,6,8-9,11,13H,3-5,7,10H2,(H,26,27,28)/t13-,22+/m1/s1. The van der Waals surface area contributed by atoms with Crippen molar-refractivity contribution in [3.8, 4) is 5.69 Å². The van der Waals surface area contributed by atoms with Crippen LogP contribution in [0.3, 0.4) is 0 Å². The van der Waals surface area contributed by atoms with Gasteiger partial charge in [-0.3, -0.25) is 9.78 Å². The SMILES string of the molecule is O=C1OCC[C@]12CC[C@@H](Nc1ncc3c(Br)nn(-c4cc(F)c5ncccc5c4)c3n1)C2. The number of carbonyl (C=O) groups excluding carboxylic acids is 1. The lowest BCUT2D eigenvalue weighted by Gasteiger charge is -2.18. The molecule has 0 unspecified atom stereocenters. The van der Waals surface area contributed by atoms with Crippen LogP contribution in [0.15, 0.2) is 41.3 Å². The van der Waals surface area contributed by atoms with Crippen molar-refractivity contribution in [1.29, 1.82) is 0 Å². The molecule has 8 nitrogen and oxygen atoms in total. The average Bonchev–Trinajstić information content (AvgIpc) is 3.46. The summed E-state index contributed by atoms with van der Waals surface area (Å²) < 4.78 is 22.0. The number of cyclic esters (lactones) is 1. The lowest BCUT2D eigenvalue weighted by atomic mass is 9.85. The minimum atomic E-state index is -0.426. The summed E-state index contributed by atoms with van der Waals surface area (Å²) in [5.41, 5.74) is 1.02. The maximum Gasteiger partial charge on any atom is 0.312 e. The molecule has 1 saturated heterocycles. The Bertz CT molecular complexity index is 1390. The summed E-state index contributed by atoms with van der Waals surface area (Å²) in [7, 11) is 0. The highest BCUT2D eigenvalue weighted by Crippen LogP contribution is 2.46. The number of esters is 1. The molecule has 10 heteroatoms. The quantitative estimate of drug-likeness (QED) is 0.425. The number of rotatable bonds is 3. The molecule has 1 aliphatic heterocycles. The minimum Gasteiger partial charge on any atom is -0.465 e. The number of nitrogens with zero attached hydrogens (tertiary/aromatic N) is 5. The number of ether oxygens (including phenoxy) is 1. The van der Waals surface area contributed by atoms with E-state index in [0.717, 1.165) is 19.3 Å². The number of fused-ring (bicyclic) bond motifs is 2. The second kappa shape index (κ2) is 7.19. The van der Waals surface area contributed by atoms with Crippen LogP contribution in [-0.2, 0) is 9.53 Å². The summed E-state index contributed by atoms with van der Waals surface area (Å²) in [5, 5.41) is 9.25. The largest absolute Gasteiger partial charge is 0.465 e. The van der Waals surface area contributed by atoms with Crippen molar-refractivity contribution in [3.63, 3.8) is 0 Å². The second-order valence-corrected chi connectivity index (χ2v) is 9.14. The van der Waals surface area contributed by atoms with Crippen LogP contribution < -0.4 is 5.32 Å². The molecule has 0 radical (unpaired) electrons. The normalized spacial score (nSPS) is 22.8. The van der Waals surface area contributed by atoms with Gasteiger partial charge < -0.3 is 10.1 Å². The molecule has 4 aromatic rings. The van der Waals surface area contributed by atoms with E-state index >= 15 is 0 Å². The number of halogens is 2. The zero-order valence-electron chi connectivity index (χ0n) is 16.9. The molecule has 162 valence electrons. The van der Waals surface area contributed by atoms with Crippen LogP contribution >= 0.6 is 15.9 Å². The van der Waals surface area contributed by atoms with Crippen LogP contribution in [0.4, 0.5) is 10.3 Å². The monoisotopic (exact) mass is 496 g/mol. The molecular weight excluding hydrogens is 479 g/mol. The summed E-state index contributed by atoms with van der Waals surface area (Å²) >= 11 is 3.45. The molecule has 4 heterocycles. The Kier molecular flexibility index (Phi) is 4.39. The molecule has 32 heavy (non-hydrogen) atoms. The maximum atomic E-state index is 14.7. The molecule has 2 atom stereocenters. The summed E-state index contributed by atoms with van der Waals surface area (Å²) in [6.45, 7) is 0.499. The summed E-state index contributed by atoms with van der Waals surface area (Å²) in [6.07, 6.45) is 6.38. The molecular formula is C22H18BrFN6O2. The van der Waals surface area contributed by atoms with Gasteiger partial charge in [-0.05, 0) is 53.7 Å². The van der Waals surface area contributed by atoms with Gasteiger partial charge in [0.05, 0.1) is 23.1 Å². The number of aromatic nitrogens is 5. The van der Waals surface area contributed by atoms with Crippen LogP contribution in [-0.4, -0.2) is 43.4 Å². The van der Waals surface area contributed by atoms with Crippen LogP contribution in [0.25, 0.3) is 27.6 Å². The Hall–Kier alpha value is -3.14. The molecule has 2 fully saturated rings. The molecule has 0 bridgehead atoms. The van der Waals surface area contributed by atoms with E-state index in [-0.39, 0.29) is 17.4 Å². The van der Waals surface area contributed by atoms with Crippen LogP contribution in [0.5, 0.6) is 0 Å². The minimum absolute atomic E-state index is 0.0853. The third-order valence-corrected chi connectivity index (χ3v) is 7.04. The fourth-order valence-corrected chi connectivity index (χ4v) is 5.25. The van der Waals surface area contributed by atoms with Gasteiger partial charge in [0.1, 0.15) is 10.1 Å². The van der Waals surface area contributed by atoms with Crippen molar-refractivity contribution in [1.82, 2.24) is 24.7 Å². The zero-order valence-corrected chi connectivity index (χ0v) is 18.5. The predicted molar refractivity (Wildman–Crippen MR) is 119 cm³/mol. The molecule has 6 rings (SSSR count). The van der Waals surface area contributed by atoms with Gasteiger partial charge in [-0.25, -0.2) is 14.1 Å². The van der Waals surface area contributed by atoms with Gasteiger partial charge in [0.15, 0.2) is 11.5 Å². The third-order valence-electron chi connectivity index (χ3n) is 6.46. The smallest absolute Gasteiger partial charge is 0.312 e. The molecule has 1 aromatic carbocycles. The molecule has 1 saturated carbocycles. The predicted octanol–water partition coefficient (Wildman–Crippen LogP) is 4.16. The van der Waals surface area contributed by atoms with E-state index in [4.69, 9.17) is 4.74 Å². The van der Waals surface area contributed by atoms with Crippen molar-refractivity contribution in [2.24, 2.45) is 5.41 Å². The fourth-order valence-electron chi connectivity index (χ4n) is 4.81. The number of pyridine rings is 1. The van der Waals surface area contributed by atoms with E-state index in [0.29, 0.717) is 51.2 Å². The molecule has 2 aliphatic rings. The van der Waals surface area contributed by atoms with Crippen molar-refractivity contribution in [3.05, 3.63) is 47.1 Å². The van der Waals surface area contributed by atoms with Gasteiger partial charge in [0.2, 0.25) is 5.95 Å². The van der Waals surface area contributed by atoms with Gasteiger partial charge in [-0.2, -0.15) is 10.1 Å². The Morgan fingerprint density at radius 1 is 1.28 bits per heavy atom. The highest BCUT2D eigenvalue weighted by molar-refractivity contribution is 9.10. The Morgan fingerprint density at radius 2 is 2.19 bits per heavy atom. The van der Waals surface area contributed by atoms with E-state index in [2.05, 4.69) is 41.3 Å². The molecule has 1 aliphatic carbocycles. The van der Waals surface area contributed by atoms with E-state index in [1.807, 2.05) is 12.1 Å². The maximum absolute atomic E-state index is 14.7. The number of hydrogen-bond acceptors (Lipinski definition) is 7. The highest BCUT2D eigenvalue weighted by Gasteiger charge is 2.49. The first-order chi connectivity index (χ1) is 15.5. The first kappa shape index (κ1) is 19.5. The van der Waals surface area contributed by atoms with Crippen LogP contribution in [0.2, 0.25) is 0 Å². The van der Waals surface area contributed by atoms with Gasteiger partial charge >= 0.3 is 5.97 Å². The van der Waals surface area contributed by atoms with Crippen molar-refractivity contribution in [2.45, 2.75) is 31.7 Å². The first-order valence-electron chi connectivity index (χ1n) is 10.4. The summed E-state index contributed by atoms with van der Waals surface area (Å²) in [4.78, 5) is 25.4. The first-order valence-corrected chi connectivity index (χ1v) is 11.2. The Balaban J connectivity index is 1.36. The number of anilines is 1. The van der Waals surface area contributed by atoms with Gasteiger partial charge in [-0.1, -0.05) is 6.07 Å². The molecule has 1 N–H and O–H groups in total. The summed E-state index contributed by atoms with van der Waals surface area (Å²) in [6, 6.07) is 6.88. The number of carbonyl (C=O) groups is 1. The topological polar surface area (TPSA) is 94.8 Å². The average molecular weight is 497 g/mol. The zero-order chi connectivity index (χ0) is 21.9. The lowest BCUT2D eigenvalue weighted by molar-refractivity contribution is -0.146. The Labute approximate surface area is 190 Å². The van der Waals surface area contributed by atoms with E-state index in [1.54, 1.807) is 23.1 Å². The molecule has 0 amide bonds. The van der Waals surface area contributed by atoms with Gasteiger partial charge in [0, 0.05) is 29.9 Å². The number of benzene rings is 1. The molecule has 1 spiro atoms. The highest BCUT2D eigenvalue weighted by atomic mass is 79.9. The van der Waals surface area contributed by atoms with Crippen LogP contribution in [0, 0.1) is 11.2 Å². The number of hydrogen-bond donors (Lipinski definition) is 1. The second-order valence-electron chi connectivity index (χ2n) is 8.39. The van der Waals surface area contributed by atoms with Crippen molar-refractivity contribution < 1.29 is 13.9 Å². The Morgan fingerprint density at radius 3 is 3.03 bits per heavy atom. The summed E-state index contributed by atoms with van der Waals surface area (Å²) in [5.74, 6) is -0.0690.